The molecule has 128 valence electrons. The number of ketones is 1. The number of H-pyrrole nitrogens is 1. The molecule has 1 unspecified atom stereocenters. The Kier molecular flexibility index (Phi) is 4.61. The molecule has 6 nitrogen and oxygen atoms in total. The number of carbonyl (C=O) groups excluding carboxylic acids is 1. The van der Waals surface area contributed by atoms with Crippen molar-refractivity contribution in [3.8, 4) is 0 Å². The normalized spacial score (nSPS) is 12.2. The number of aromatic amines is 1. The maximum absolute atomic E-state index is 12.1. The topological polar surface area (TPSA) is 95.9 Å². The Hall–Kier alpha value is -3.02. The van der Waals surface area contributed by atoms with Gasteiger partial charge < -0.3 is 10.1 Å². The van der Waals surface area contributed by atoms with Gasteiger partial charge in [0.25, 0.3) is 0 Å². The highest BCUT2D eigenvalue weighted by molar-refractivity contribution is 5.97. The lowest BCUT2D eigenvalue weighted by Gasteiger charge is -2.17. The van der Waals surface area contributed by atoms with Gasteiger partial charge in [0.15, 0.2) is 5.78 Å². The van der Waals surface area contributed by atoms with Gasteiger partial charge in [-0.3, -0.25) is 9.78 Å². The molecule has 0 aromatic carbocycles. The Balaban J connectivity index is 2.18. The molecule has 0 saturated carbocycles. The number of pyridine rings is 2. The van der Waals surface area contributed by atoms with Crippen molar-refractivity contribution >= 4 is 22.7 Å². The summed E-state index contributed by atoms with van der Waals surface area (Å²) in [6, 6.07) is 4.86. The van der Waals surface area contributed by atoms with E-state index in [1.54, 1.807) is 25.4 Å². The molecule has 0 amide bonds. The van der Waals surface area contributed by atoms with E-state index in [1.807, 2.05) is 19.2 Å². The number of Topliss-reactive ketones (excluding diaryl/α,β-unsaturated/α-hetero) is 1. The van der Waals surface area contributed by atoms with Crippen LogP contribution in [0.5, 0.6) is 0 Å². The van der Waals surface area contributed by atoms with Gasteiger partial charge in [0.05, 0.1) is 17.3 Å². The van der Waals surface area contributed by atoms with Crippen molar-refractivity contribution in [1.29, 1.82) is 0 Å². The highest BCUT2D eigenvalue weighted by Crippen LogP contribution is 2.32. The van der Waals surface area contributed by atoms with Crippen LogP contribution < -0.4 is 0 Å². The number of aromatic carboxylic acids is 1. The van der Waals surface area contributed by atoms with E-state index in [-0.39, 0.29) is 29.4 Å². The van der Waals surface area contributed by atoms with Gasteiger partial charge in [-0.15, -0.1) is 0 Å². The van der Waals surface area contributed by atoms with Crippen LogP contribution in [0.3, 0.4) is 0 Å². The Labute approximate surface area is 144 Å². The number of carboxylic acid groups (broad SMARTS) is 1. The maximum atomic E-state index is 12.1. The summed E-state index contributed by atoms with van der Waals surface area (Å²) in [6.07, 6.45) is 6.36. The zero-order chi connectivity index (χ0) is 18.0. The second-order valence-corrected chi connectivity index (χ2v) is 5.88. The third kappa shape index (κ3) is 3.15. The van der Waals surface area contributed by atoms with Crippen LogP contribution in [0.2, 0.25) is 0 Å². The van der Waals surface area contributed by atoms with Crippen LogP contribution in [0.25, 0.3) is 10.9 Å². The third-order valence-electron chi connectivity index (χ3n) is 4.35. The average Bonchev–Trinajstić information content (AvgIpc) is 3.11. The van der Waals surface area contributed by atoms with Crippen molar-refractivity contribution in [3.05, 3.63) is 59.3 Å². The standard InChI is InChI=1S/C19H19N3O3/c1-3-12(14-9-20-10-17-13(14)5-6-21-17)15-7-11(19(24)25)8-16(22-15)18(23)4-2/h5-10,12,21H,3-4H2,1-2H3,(H,24,25). The molecule has 0 aliphatic carbocycles. The largest absolute Gasteiger partial charge is 0.478 e. The Morgan fingerprint density at radius 1 is 1.24 bits per heavy atom. The minimum absolute atomic E-state index is 0.0782. The van der Waals surface area contributed by atoms with Crippen LogP contribution in [-0.4, -0.2) is 31.8 Å². The molecule has 0 fully saturated rings. The van der Waals surface area contributed by atoms with Crippen molar-refractivity contribution in [3.63, 3.8) is 0 Å². The molecule has 0 spiro atoms. The van der Waals surface area contributed by atoms with E-state index in [2.05, 4.69) is 15.0 Å². The lowest BCUT2D eigenvalue weighted by molar-refractivity contribution is 0.0696. The van der Waals surface area contributed by atoms with Crippen LogP contribution in [0.4, 0.5) is 0 Å². The summed E-state index contributed by atoms with van der Waals surface area (Å²) in [5, 5.41) is 10.4. The number of hydrogen-bond acceptors (Lipinski definition) is 4. The second kappa shape index (κ2) is 6.84. The number of nitrogens with one attached hydrogen (secondary N) is 1. The summed E-state index contributed by atoms with van der Waals surface area (Å²) in [4.78, 5) is 35.4. The van der Waals surface area contributed by atoms with E-state index in [0.29, 0.717) is 12.1 Å². The first kappa shape index (κ1) is 16.8. The molecule has 2 N–H and O–H groups in total. The Morgan fingerprint density at radius 2 is 2.04 bits per heavy atom. The molecule has 1 atom stereocenters. The Bertz CT molecular complexity index is 946. The minimum Gasteiger partial charge on any atom is -0.478 e. The summed E-state index contributed by atoms with van der Waals surface area (Å²) in [5.41, 5.74) is 2.73. The summed E-state index contributed by atoms with van der Waals surface area (Å²) in [6.45, 7) is 3.74. The van der Waals surface area contributed by atoms with Crippen LogP contribution in [0.1, 0.15) is 64.7 Å². The maximum Gasteiger partial charge on any atom is 0.335 e. The van der Waals surface area contributed by atoms with E-state index >= 15 is 0 Å². The summed E-state index contributed by atoms with van der Waals surface area (Å²) >= 11 is 0. The molecule has 0 aliphatic heterocycles. The van der Waals surface area contributed by atoms with E-state index in [4.69, 9.17) is 0 Å². The van der Waals surface area contributed by atoms with Gasteiger partial charge in [0, 0.05) is 35.8 Å². The zero-order valence-electron chi connectivity index (χ0n) is 14.1. The van der Waals surface area contributed by atoms with E-state index in [1.165, 1.54) is 6.07 Å². The number of rotatable bonds is 6. The fraction of sp³-hybridized carbons (Fsp3) is 0.263. The number of carboxylic acids is 1. The van der Waals surface area contributed by atoms with Gasteiger partial charge in [-0.25, -0.2) is 9.78 Å². The monoisotopic (exact) mass is 337 g/mol. The van der Waals surface area contributed by atoms with E-state index in [0.717, 1.165) is 16.5 Å². The lowest BCUT2D eigenvalue weighted by Crippen LogP contribution is -2.11. The first-order chi connectivity index (χ1) is 12.0. The van der Waals surface area contributed by atoms with Crippen molar-refractivity contribution in [2.75, 3.05) is 0 Å². The molecule has 0 radical (unpaired) electrons. The summed E-state index contributed by atoms with van der Waals surface area (Å²) in [5.74, 6) is -1.38. The first-order valence-electron chi connectivity index (χ1n) is 8.24. The van der Waals surface area contributed by atoms with Gasteiger partial charge in [0.2, 0.25) is 0 Å². The highest BCUT2D eigenvalue weighted by atomic mass is 16.4. The molecule has 0 aliphatic rings. The number of hydrogen-bond donors (Lipinski definition) is 2. The molecule has 25 heavy (non-hydrogen) atoms. The molecule has 3 rings (SSSR count). The zero-order valence-corrected chi connectivity index (χ0v) is 14.1. The summed E-state index contributed by atoms with van der Waals surface area (Å²) < 4.78 is 0. The van der Waals surface area contributed by atoms with Gasteiger partial charge in [-0.2, -0.15) is 0 Å². The van der Waals surface area contributed by atoms with Crippen molar-refractivity contribution in [1.82, 2.24) is 15.0 Å². The van der Waals surface area contributed by atoms with Crippen LogP contribution >= 0.6 is 0 Å². The predicted octanol–water partition coefficient (Wildman–Crippen LogP) is 3.79. The van der Waals surface area contributed by atoms with E-state index < -0.39 is 5.97 Å². The number of carbonyl (C=O) groups is 2. The predicted molar refractivity (Wildman–Crippen MR) is 94.0 cm³/mol. The minimum atomic E-state index is -1.07. The number of aromatic nitrogens is 3. The smallest absolute Gasteiger partial charge is 0.335 e. The number of fused-ring (bicyclic) bond motifs is 1. The molecular weight excluding hydrogens is 318 g/mol. The number of nitrogens with zero attached hydrogens (tertiary/aromatic N) is 2. The Morgan fingerprint density at radius 3 is 2.72 bits per heavy atom. The molecule has 0 saturated heterocycles. The van der Waals surface area contributed by atoms with Crippen LogP contribution in [0.15, 0.2) is 36.8 Å². The second-order valence-electron chi connectivity index (χ2n) is 5.88. The molecule has 3 aromatic heterocycles. The molecule has 0 bridgehead atoms. The van der Waals surface area contributed by atoms with Crippen LogP contribution in [-0.2, 0) is 0 Å². The third-order valence-corrected chi connectivity index (χ3v) is 4.35. The quantitative estimate of drug-likeness (QED) is 0.667. The van der Waals surface area contributed by atoms with E-state index in [9.17, 15) is 14.7 Å². The fourth-order valence-corrected chi connectivity index (χ4v) is 3.05. The van der Waals surface area contributed by atoms with Gasteiger partial charge in [0.1, 0.15) is 5.69 Å². The first-order valence-corrected chi connectivity index (χ1v) is 8.24. The SMILES string of the molecule is CCC(=O)c1cc(C(=O)O)cc(C(CC)c2cncc3[nH]ccc23)n1. The van der Waals surface area contributed by atoms with Crippen molar-refractivity contribution in [2.24, 2.45) is 0 Å². The van der Waals surface area contributed by atoms with Gasteiger partial charge in [-0.1, -0.05) is 13.8 Å². The van der Waals surface area contributed by atoms with Gasteiger partial charge in [-0.05, 0) is 30.2 Å². The summed E-state index contributed by atoms with van der Waals surface area (Å²) in [7, 11) is 0. The molecule has 3 heterocycles. The average molecular weight is 337 g/mol. The van der Waals surface area contributed by atoms with Crippen molar-refractivity contribution in [2.45, 2.75) is 32.6 Å². The lowest BCUT2D eigenvalue weighted by atomic mass is 9.90. The van der Waals surface area contributed by atoms with Gasteiger partial charge >= 0.3 is 5.97 Å². The highest BCUT2D eigenvalue weighted by Gasteiger charge is 2.21. The van der Waals surface area contributed by atoms with Crippen molar-refractivity contribution < 1.29 is 14.7 Å². The fourth-order valence-electron chi connectivity index (χ4n) is 3.05. The van der Waals surface area contributed by atoms with Crippen LogP contribution in [0, 0.1) is 0 Å². The molecule has 6 heteroatoms. The molecule has 3 aromatic rings. The molecular formula is C19H19N3O3.